The molecule has 0 N–H and O–H groups in total. The first-order valence-electron chi connectivity index (χ1n) is 6.15. The molecule has 92 valence electrons. The highest BCUT2D eigenvalue weighted by molar-refractivity contribution is 9.09. The van der Waals surface area contributed by atoms with Crippen molar-refractivity contribution in [3.63, 3.8) is 0 Å². The fourth-order valence-corrected chi connectivity index (χ4v) is 2.99. The van der Waals surface area contributed by atoms with Crippen molar-refractivity contribution in [2.24, 2.45) is 5.41 Å². The van der Waals surface area contributed by atoms with Gasteiger partial charge in [-0.3, -0.25) is 0 Å². The second-order valence-electron chi connectivity index (χ2n) is 4.91. The lowest BCUT2D eigenvalue weighted by molar-refractivity contribution is 0.255. The van der Waals surface area contributed by atoms with E-state index in [1.165, 1.54) is 18.7 Å². The Morgan fingerprint density at radius 2 is 2.00 bits per heavy atom. The topological polar surface area (TPSA) is 17.8 Å². The van der Waals surface area contributed by atoms with E-state index in [-0.39, 0.29) is 0 Å². The van der Waals surface area contributed by atoms with E-state index in [1.54, 1.807) is 0 Å². The van der Waals surface area contributed by atoms with E-state index < -0.39 is 0 Å². The Balaban J connectivity index is 2.89. The highest BCUT2D eigenvalue weighted by Gasteiger charge is 2.26. The number of hydrogen-bond acceptors (Lipinski definition) is 1. The zero-order chi connectivity index (χ0) is 12.2. The predicted molar refractivity (Wildman–Crippen MR) is 73.1 cm³/mol. The fraction of sp³-hybridized carbons (Fsp3) is 0.769. The molecule has 1 heterocycles. The third kappa shape index (κ3) is 2.88. The van der Waals surface area contributed by atoms with E-state index in [4.69, 9.17) is 0 Å². The molecule has 0 bridgehead atoms. The Bertz CT molecular complexity index is 305. The van der Waals surface area contributed by atoms with Crippen LogP contribution in [0, 0.1) is 5.41 Å². The van der Waals surface area contributed by atoms with Crippen LogP contribution in [0.4, 0.5) is 0 Å². The summed E-state index contributed by atoms with van der Waals surface area (Å²) in [6.07, 6.45) is 6.42. The van der Waals surface area contributed by atoms with Crippen LogP contribution in [0.2, 0.25) is 0 Å². The molecule has 0 aromatic carbocycles. The van der Waals surface area contributed by atoms with E-state index in [0.717, 1.165) is 11.9 Å². The van der Waals surface area contributed by atoms with Gasteiger partial charge in [-0.1, -0.05) is 43.6 Å². The molecule has 0 saturated carbocycles. The van der Waals surface area contributed by atoms with Crippen LogP contribution in [-0.2, 0) is 6.54 Å². The molecule has 0 radical (unpaired) electrons. The SMILES string of the molecule is CCC(CC)(CBr)Cn1ccnc1C(C)C. The van der Waals surface area contributed by atoms with Crippen molar-refractivity contribution >= 4 is 15.9 Å². The lowest BCUT2D eigenvalue weighted by Gasteiger charge is -2.31. The number of rotatable bonds is 6. The standard InChI is InChI=1S/C13H23BrN2/c1-5-13(6-2,9-14)10-16-8-7-15-12(16)11(3)4/h7-8,11H,5-6,9-10H2,1-4H3. The van der Waals surface area contributed by atoms with Crippen LogP contribution in [0.3, 0.4) is 0 Å². The van der Waals surface area contributed by atoms with Gasteiger partial charge in [-0.2, -0.15) is 0 Å². The molecule has 3 heteroatoms. The number of nitrogens with zero attached hydrogens (tertiary/aromatic N) is 2. The molecular formula is C13H23BrN2. The normalized spacial score (nSPS) is 12.4. The minimum absolute atomic E-state index is 0.365. The molecule has 0 unspecified atom stereocenters. The monoisotopic (exact) mass is 286 g/mol. The van der Waals surface area contributed by atoms with Crippen molar-refractivity contribution in [3.8, 4) is 0 Å². The van der Waals surface area contributed by atoms with Gasteiger partial charge < -0.3 is 4.57 Å². The Morgan fingerprint density at radius 1 is 1.38 bits per heavy atom. The third-order valence-electron chi connectivity index (χ3n) is 3.55. The minimum atomic E-state index is 0.365. The molecule has 0 aliphatic carbocycles. The molecule has 0 saturated heterocycles. The summed E-state index contributed by atoms with van der Waals surface area (Å²) in [7, 11) is 0. The van der Waals surface area contributed by atoms with Crippen molar-refractivity contribution in [1.29, 1.82) is 0 Å². The summed E-state index contributed by atoms with van der Waals surface area (Å²) in [5, 5.41) is 1.06. The van der Waals surface area contributed by atoms with Gasteiger partial charge in [-0.05, 0) is 18.3 Å². The predicted octanol–water partition coefficient (Wildman–Crippen LogP) is 4.21. The van der Waals surface area contributed by atoms with Crippen molar-refractivity contribution in [2.75, 3.05) is 5.33 Å². The maximum Gasteiger partial charge on any atom is 0.111 e. The molecule has 2 nitrogen and oxygen atoms in total. The molecular weight excluding hydrogens is 264 g/mol. The van der Waals surface area contributed by atoms with E-state index >= 15 is 0 Å². The van der Waals surface area contributed by atoms with Gasteiger partial charge in [-0.15, -0.1) is 0 Å². The van der Waals surface area contributed by atoms with E-state index in [0.29, 0.717) is 11.3 Å². The quantitative estimate of drug-likeness (QED) is 0.717. The van der Waals surface area contributed by atoms with Gasteiger partial charge in [0.05, 0.1) is 0 Å². The van der Waals surface area contributed by atoms with Crippen LogP contribution in [0.1, 0.15) is 52.3 Å². The van der Waals surface area contributed by atoms with Gasteiger partial charge in [0.2, 0.25) is 0 Å². The van der Waals surface area contributed by atoms with E-state index in [2.05, 4.69) is 59.4 Å². The maximum absolute atomic E-state index is 4.45. The summed E-state index contributed by atoms with van der Waals surface area (Å²) in [5.74, 6) is 1.70. The molecule has 1 aromatic rings. The Morgan fingerprint density at radius 3 is 2.44 bits per heavy atom. The number of imidazole rings is 1. The number of aromatic nitrogens is 2. The third-order valence-corrected chi connectivity index (χ3v) is 4.74. The molecule has 1 aromatic heterocycles. The van der Waals surface area contributed by atoms with Crippen molar-refractivity contribution in [1.82, 2.24) is 9.55 Å². The van der Waals surface area contributed by atoms with Gasteiger partial charge in [0.25, 0.3) is 0 Å². The van der Waals surface area contributed by atoms with Crippen LogP contribution < -0.4 is 0 Å². The van der Waals surface area contributed by atoms with Gasteiger partial charge in [0.15, 0.2) is 0 Å². The average Bonchev–Trinajstić information content (AvgIpc) is 2.74. The molecule has 16 heavy (non-hydrogen) atoms. The largest absolute Gasteiger partial charge is 0.334 e. The average molecular weight is 287 g/mol. The van der Waals surface area contributed by atoms with Gasteiger partial charge in [0.1, 0.15) is 5.82 Å². The van der Waals surface area contributed by atoms with Crippen molar-refractivity contribution < 1.29 is 0 Å². The van der Waals surface area contributed by atoms with E-state index in [9.17, 15) is 0 Å². The molecule has 0 amide bonds. The molecule has 0 fully saturated rings. The molecule has 0 spiro atoms. The lowest BCUT2D eigenvalue weighted by Crippen LogP contribution is -2.28. The first kappa shape index (κ1) is 13.8. The first-order chi connectivity index (χ1) is 7.58. The minimum Gasteiger partial charge on any atom is -0.334 e. The van der Waals surface area contributed by atoms with Gasteiger partial charge in [0, 0.05) is 30.2 Å². The first-order valence-corrected chi connectivity index (χ1v) is 7.27. The van der Waals surface area contributed by atoms with Gasteiger partial charge >= 0.3 is 0 Å². The maximum atomic E-state index is 4.45. The zero-order valence-electron chi connectivity index (χ0n) is 10.8. The van der Waals surface area contributed by atoms with E-state index in [1.807, 2.05) is 6.20 Å². The van der Waals surface area contributed by atoms with Crippen LogP contribution in [-0.4, -0.2) is 14.9 Å². The number of alkyl halides is 1. The van der Waals surface area contributed by atoms with Crippen LogP contribution in [0.5, 0.6) is 0 Å². The zero-order valence-corrected chi connectivity index (χ0v) is 12.4. The second kappa shape index (κ2) is 5.85. The van der Waals surface area contributed by atoms with Crippen LogP contribution >= 0.6 is 15.9 Å². The smallest absolute Gasteiger partial charge is 0.111 e. The summed E-state index contributed by atoms with van der Waals surface area (Å²) in [4.78, 5) is 4.45. The van der Waals surface area contributed by atoms with Crippen molar-refractivity contribution in [2.45, 2.75) is 53.0 Å². The molecule has 1 rings (SSSR count). The summed E-state index contributed by atoms with van der Waals surface area (Å²) in [6, 6.07) is 0. The molecule has 0 aliphatic heterocycles. The lowest BCUT2D eigenvalue weighted by atomic mass is 9.84. The summed E-state index contributed by atoms with van der Waals surface area (Å²) in [5.41, 5.74) is 0.365. The Hall–Kier alpha value is -0.310. The second-order valence-corrected chi connectivity index (χ2v) is 5.47. The van der Waals surface area contributed by atoms with Crippen molar-refractivity contribution in [3.05, 3.63) is 18.2 Å². The highest BCUT2D eigenvalue weighted by Crippen LogP contribution is 2.31. The molecule has 0 atom stereocenters. The summed E-state index contributed by atoms with van der Waals surface area (Å²) < 4.78 is 2.32. The Kier molecular flexibility index (Phi) is 5.03. The highest BCUT2D eigenvalue weighted by atomic mass is 79.9. The van der Waals surface area contributed by atoms with Crippen LogP contribution in [0.25, 0.3) is 0 Å². The summed E-state index contributed by atoms with van der Waals surface area (Å²) in [6.45, 7) is 10.0. The van der Waals surface area contributed by atoms with Gasteiger partial charge in [-0.25, -0.2) is 4.98 Å². The summed E-state index contributed by atoms with van der Waals surface area (Å²) >= 11 is 3.67. The molecule has 0 aliphatic rings. The Labute approximate surface area is 108 Å². The number of hydrogen-bond donors (Lipinski definition) is 0. The van der Waals surface area contributed by atoms with Crippen LogP contribution in [0.15, 0.2) is 12.4 Å². The number of halogens is 1. The fourth-order valence-electron chi connectivity index (χ4n) is 2.02.